The molecular formula is C26H28FN3O3. The van der Waals surface area contributed by atoms with E-state index >= 15 is 0 Å². The van der Waals surface area contributed by atoms with Gasteiger partial charge < -0.3 is 19.7 Å². The van der Waals surface area contributed by atoms with E-state index in [0.717, 1.165) is 24.4 Å². The molecule has 2 amide bonds. The number of carbonyl (C=O) groups excluding carboxylic acids is 1. The van der Waals surface area contributed by atoms with Crippen molar-refractivity contribution in [1.29, 1.82) is 0 Å². The van der Waals surface area contributed by atoms with Crippen LogP contribution in [0.5, 0.6) is 11.5 Å². The second-order valence-electron chi connectivity index (χ2n) is 7.85. The van der Waals surface area contributed by atoms with Crippen molar-refractivity contribution in [2.45, 2.75) is 6.54 Å². The van der Waals surface area contributed by atoms with Crippen LogP contribution < -0.4 is 10.1 Å². The largest absolute Gasteiger partial charge is 0.457 e. The fourth-order valence-corrected chi connectivity index (χ4v) is 3.65. The average Bonchev–Trinajstić information content (AvgIpc) is 2.84. The molecule has 1 N–H and O–H groups in total. The van der Waals surface area contributed by atoms with Gasteiger partial charge in [-0.25, -0.2) is 9.18 Å². The SMILES string of the molecule is O=C(Nc1ccccc1F)N(CCN1CCOCC1)Cc1cccc(Oc2ccccc2)c1. The maximum atomic E-state index is 14.1. The first-order chi connectivity index (χ1) is 16.2. The van der Waals surface area contributed by atoms with E-state index in [0.29, 0.717) is 38.6 Å². The van der Waals surface area contributed by atoms with Crippen LogP contribution in [0.2, 0.25) is 0 Å². The van der Waals surface area contributed by atoms with E-state index in [4.69, 9.17) is 9.47 Å². The van der Waals surface area contributed by atoms with Crippen molar-refractivity contribution in [1.82, 2.24) is 9.80 Å². The van der Waals surface area contributed by atoms with Crippen molar-refractivity contribution in [2.24, 2.45) is 0 Å². The number of amides is 2. The van der Waals surface area contributed by atoms with Crippen LogP contribution in [0.3, 0.4) is 0 Å². The number of nitrogens with one attached hydrogen (secondary N) is 1. The molecule has 7 heteroatoms. The first kappa shape index (κ1) is 22.8. The Morgan fingerprint density at radius 2 is 1.70 bits per heavy atom. The van der Waals surface area contributed by atoms with Gasteiger partial charge in [-0.15, -0.1) is 0 Å². The highest BCUT2D eigenvalue weighted by molar-refractivity contribution is 5.89. The summed E-state index contributed by atoms with van der Waals surface area (Å²) >= 11 is 0. The third-order valence-electron chi connectivity index (χ3n) is 5.44. The van der Waals surface area contributed by atoms with E-state index in [1.807, 2.05) is 54.6 Å². The van der Waals surface area contributed by atoms with Crippen LogP contribution in [0.15, 0.2) is 78.9 Å². The highest BCUT2D eigenvalue weighted by atomic mass is 19.1. The van der Waals surface area contributed by atoms with Gasteiger partial charge in [-0.2, -0.15) is 0 Å². The predicted octanol–water partition coefficient (Wildman–Crippen LogP) is 4.98. The van der Waals surface area contributed by atoms with Crippen LogP contribution in [-0.2, 0) is 11.3 Å². The van der Waals surface area contributed by atoms with Crippen LogP contribution >= 0.6 is 0 Å². The van der Waals surface area contributed by atoms with E-state index in [2.05, 4.69) is 10.2 Å². The molecule has 172 valence electrons. The Morgan fingerprint density at radius 3 is 2.48 bits per heavy atom. The van der Waals surface area contributed by atoms with Gasteiger partial charge in [0.05, 0.1) is 18.9 Å². The molecule has 0 aliphatic carbocycles. The molecular weight excluding hydrogens is 421 g/mol. The molecule has 0 spiro atoms. The summed E-state index contributed by atoms with van der Waals surface area (Å²) in [6.07, 6.45) is 0. The molecule has 3 aromatic rings. The number of hydrogen-bond donors (Lipinski definition) is 1. The van der Waals surface area contributed by atoms with Crippen LogP contribution in [0.4, 0.5) is 14.9 Å². The third kappa shape index (κ3) is 6.78. The number of halogens is 1. The van der Waals surface area contributed by atoms with Gasteiger partial charge in [0.1, 0.15) is 17.3 Å². The Balaban J connectivity index is 1.46. The van der Waals surface area contributed by atoms with Gasteiger partial charge in [0.15, 0.2) is 0 Å². The van der Waals surface area contributed by atoms with Gasteiger partial charge >= 0.3 is 6.03 Å². The summed E-state index contributed by atoms with van der Waals surface area (Å²) in [6.45, 7) is 4.65. The molecule has 6 nitrogen and oxygen atoms in total. The van der Waals surface area contributed by atoms with Crippen molar-refractivity contribution in [3.63, 3.8) is 0 Å². The van der Waals surface area contributed by atoms with Gasteiger partial charge in [0.2, 0.25) is 0 Å². The Kier molecular flexibility index (Phi) is 7.90. The fraction of sp³-hybridized carbons (Fsp3) is 0.269. The van der Waals surface area contributed by atoms with E-state index in [-0.39, 0.29) is 11.7 Å². The summed E-state index contributed by atoms with van der Waals surface area (Å²) in [5.74, 6) is 0.981. The second kappa shape index (κ2) is 11.4. The van der Waals surface area contributed by atoms with E-state index in [1.165, 1.54) is 6.07 Å². The minimum Gasteiger partial charge on any atom is -0.457 e. The summed E-state index contributed by atoms with van der Waals surface area (Å²) in [4.78, 5) is 17.1. The average molecular weight is 450 g/mol. The molecule has 0 aromatic heterocycles. The zero-order chi connectivity index (χ0) is 22.9. The van der Waals surface area contributed by atoms with Crippen LogP contribution in [0.25, 0.3) is 0 Å². The predicted molar refractivity (Wildman–Crippen MR) is 126 cm³/mol. The summed E-state index contributed by atoms with van der Waals surface area (Å²) in [7, 11) is 0. The minimum atomic E-state index is -0.461. The molecule has 33 heavy (non-hydrogen) atoms. The van der Waals surface area contributed by atoms with Crippen molar-refractivity contribution in [3.8, 4) is 11.5 Å². The molecule has 1 aliphatic heterocycles. The number of urea groups is 1. The lowest BCUT2D eigenvalue weighted by molar-refractivity contribution is 0.0349. The number of carbonyl (C=O) groups is 1. The zero-order valence-electron chi connectivity index (χ0n) is 18.5. The number of ether oxygens (including phenoxy) is 2. The molecule has 1 aliphatic rings. The maximum absolute atomic E-state index is 14.1. The van der Waals surface area contributed by atoms with Crippen molar-refractivity contribution in [3.05, 3.63) is 90.2 Å². The second-order valence-corrected chi connectivity index (χ2v) is 7.85. The number of rotatable bonds is 8. The lowest BCUT2D eigenvalue weighted by Gasteiger charge is -2.30. The van der Waals surface area contributed by atoms with E-state index < -0.39 is 5.82 Å². The van der Waals surface area contributed by atoms with Gasteiger partial charge in [-0.05, 0) is 42.0 Å². The molecule has 1 saturated heterocycles. The standard InChI is InChI=1S/C26H28FN3O3/c27-24-11-4-5-12-25(24)28-26(31)30(14-13-29-15-17-32-18-16-29)20-21-7-6-10-23(19-21)33-22-8-2-1-3-9-22/h1-12,19H,13-18,20H2,(H,28,31). The molecule has 0 radical (unpaired) electrons. The number of benzene rings is 3. The third-order valence-corrected chi connectivity index (χ3v) is 5.44. The van der Waals surface area contributed by atoms with Crippen LogP contribution in [-0.4, -0.2) is 55.2 Å². The van der Waals surface area contributed by atoms with Crippen LogP contribution in [0.1, 0.15) is 5.56 Å². The first-order valence-corrected chi connectivity index (χ1v) is 11.1. The Hall–Kier alpha value is -3.42. The smallest absolute Gasteiger partial charge is 0.322 e. The topological polar surface area (TPSA) is 54.0 Å². The van der Waals surface area contributed by atoms with Gasteiger partial charge in [0, 0.05) is 32.7 Å². The van der Waals surface area contributed by atoms with Crippen molar-refractivity contribution in [2.75, 3.05) is 44.7 Å². The number of morpholine rings is 1. The Labute approximate surface area is 193 Å². The number of hydrogen-bond acceptors (Lipinski definition) is 4. The summed E-state index contributed by atoms with van der Waals surface area (Å²) in [6, 6.07) is 23.1. The monoisotopic (exact) mass is 449 g/mol. The van der Waals surface area contributed by atoms with E-state index in [9.17, 15) is 9.18 Å². The van der Waals surface area contributed by atoms with Gasteiger partial charge in [-0.1, -0.05) is 42.5 Å². The lowest BCUT2D eigenvalue weighted by atomic mass is 10.2. The number of para-hydroxylation sites is 2. The molecule has 0 saturated carbocycles. The number of anilines is 1. The summed E-state index contributed by atoms with van der Waals surface area (Å²) in [5.41, 5.74) is 1.09. The van der Waals surface area contributed by atoms with E-state index in [1.54, 1.807) is 23.1 Å². The lowest BCUT2D eigenvalue weighted by Crippen LogP contribution is -2.44. The molecule has 3 aromatic carbocycles. The normalized spacial score (nSPS) is 14.0. The number of nitrogens with zero attached hydrogens (tertiary/aromatic N) is 2. The minimum absolute atomic E-state index is 0.167. The quantitative estimate of drug-likeness (QED) is 0.527. The molecule has 1 fully saturated rings. The maximum Gasteiger partial charge on any atom is 0.322 e. The summed E-state index contributed by atoms with van der Waals surface area (Å²) < 4.78 is 25.5. The Bertz CT molecular complexity index is 1040. The molecule has 4 rings (SSSR count). The molecule has 0 unspecified atom stereocenters. The fourth-order valence-electron chi connectivity index (χ4n) is 3.65. The van der Waals surface area contributed by atoms with Crippen LogP contribution in [0, 0.1) is 5.82 Å². The van der Waals surface area contributed by atoms with Crippen molar-refractivity contribution < 1.29 is 18.7 Å². The summed E-state index contributed by atoms with van der Waals surface area (Å²) in [5, 5.41) is 2.71. The molecule has 1 heterocycles. The first-order valence-electron chi connectivity index (χ1n) is 11.1. The highest BCUT2D eigenvalue weighted by Gasteiger charge is 2.18. The van der Waals surface area contributed by atoms with Gasteiger partial charge in [0.25, 0.3) is 0 Å². The molecule has 0 bridgehead atoms. The molecule has 0 atom stereocenters. The zero-order valence-corrected chi connectivity index (χ0v) is 18.5. The Morgan fingerprint density at radius 1 is 0.970 bits per heavy atom. The van der Waals surface area contributed by atoms with Gasteiger partial charge in [-0.3, -0.25) is 4.90 Å². The van der Waals surface area contributed by atoms with Crippen molar-refractivity contribution >= 4 is 11.7 Å². The highest BCUT2D eigenvalue weighted by Crippen LogP contribution is 2.23.